The summed E-state index contributed by atoms with van der Waals surface area (Å²) in [6.07, 6.45) is 6.32. The van der Waals surface area contributed by atoms with Gasteiger partial charge in [-0.3, -0.25) is 0 Å². The highest BCUT2D eigenvalue weighted by Crippen LogP contribution is 2.31. The second kappa shape index (κ2) is 9.22. The van der Waals surface area contributed by atoms with Crippen molar-refractivity contribution in [1.29, 1.82) is 0 Å². The summed E-state index contributed by atoms with van der Waals surface area (Å²) in [6.45, 7) is 1.03. The van der Waals surface area contributed by atoms with E-state index >= 15 is 0 Å². The Morgan fingerprint density at radius 2 is 1.52 bits per heavy atom. The molecule has 4 aromatic rings. The van der Waals surface area contributed by atoms with Crippen LogP contribution in [0.2, 0.25) is 0 Å². The zero-order chi connectivity index (χ0) is 19.9. The average Bonchev–Trinajstić information content (AvgIpc) is 3.30. The van der Waals surface area contributed by atoms with Gasteiger partial charge in [0.25, 0.3) is 0 Å². The molecule has 0 radical (unpaired) electrons. The maximum Gasteiger partial charge on any atom is 0.123 e. The number of rotatable bonds is 8. The molecule has 4 nitrogen and oxygen atoms in total. The molecule has 0 atom stereocenters. The SMILES string of the molecule is COCc1c(-n2ccnc2)ccc(OCc2ccccc2)c1Cc1ccccc1. The minimum absolute atomic E-state index is 0.498. The third kappa shape index (κ3) is 4.55. The molecule has 146 valence electrons. The van der Waals surface area contributed by atoms with E-state index < -0.39 is 0 Å². The Morgan fingerprint density at radius 3 is 2.17 bits per heavy atom. The van der Waals surface area contributed by atoms with Gasteiger partial charge in [-0.15, -0.1) is 0 Å². The van der Waals surface area contributed by atoms with Gasteiger partial charge in [-0.05, 0) is 23.3 Å². The summed E-state index contributed by atoms with van der Waals surface area (Å²) in [6, 6.07) is 24.8. The molecular formula is C25H24N2O2. The molecule has 1 heterocycles. The van der Waals surface area contributed by atoms with Crippen LogP contribution in [0.25, 0.3) is 5.69 Å². The number of benzene rings is 3. The highest BCUT2D eigenvalue weighted by atomic mass is 16.5. The molecule has 0 saturated carbocycles. The minimum atomic E-state index is 0.498. The van der Waals surface area contributed by atoms with Crippen LogP contribution in [0.5, 0.6) is 5.75 Å². The van der Waals surface area contributed by atoms with Crippen molar-refractivity contribution in [2.24, 2.45) is 0 Å². The van der Waals surface area contributed by atoms with Crippen molar-refractivity contribution in [3.8, 4) is 11.4 Å². The quantitative estimate of drug-likeness (QED) is 0.419. The number of ether oxygens (including phenoxy) is 2. The Morgan fingerprint density at radius 1 is 0.793 bits per heavy atom. The van der Waals surface area contributed by atoms with Crippen molar-refractivity contribution in [1.82, 2.24) is 9.55 Å². The van der Waals surface area contributed by atoms with Crippen molar-refractivity contribution in [2.75, 3.05) is 7.11 Å². The van der Waals surface area contributed by atoms with Crippen LogP contribution in [-0.4, -0.2) is 16.7 Å². The maximum atomic E-state index is 6.27. The summed E-state index contributed by atoms with van der Waals surface area (Å²) in [5, 5.41) is 0. The topological polar surface area (TPSA) is 36.3 Å². The van der Waals surface area contributed by atoms with E-state index in [9.17, 15) is 0 Å². The zero-order valence-electron chi connectivity index (χ0n) is 16.5. The van der Waals surface area contributed by atoms with Gasteiger partial charge in [0, 0.05) is 37.1 Å². The van der Waals surface area contributed by atoms with Gasteiger partial charge in [0.1, 0.15) is 12.4 Å². The molecule has 1 aromatic heterocycles. The Hall–Kier alpha value is -3.37. The lowest BCUT2D eigenvalue weighted by atomic mass is 9.97. The van der Waals surface area contributed by atoms with Gasteiger partial charge in [-0.2, -0.15) is 0 Å². The summed E-state index contributed by atoms with van der Waals surface area (Å²) in [5.41, 5.74) is 5.68. The van der Waals surface area contributed by atoms with Crippen LogP contribution < -0.4 is 4.74 Å². The molecule has 0 aliphatic heterocycles. The second-order valence-corrected chi connectivity index (χ2v) is 6.88. The summed E-state index contributed by atoms with van der Waals surface area (Å²) in [5.74, 6) is 0.883. The largest absolute Gasteiger partial charge is 0.489 e. The fraction of sp³-hybridized carbons (Fsp3) is 0.160. The number of hydrogen-bond acceptors (Lipinski definition) is 3. The minimum Gasteiger partial charge on any atom is -0.489 e. The molecule has 0 aliphatic carbocycles. The summed E-state index contributed by atoms with van der Waals surface area (Å²) in [4.78, 5) is 4.20. The van der Waals surface area contributed by atoms with E-state index in [0.29, 0.717) is 13.2 Å². The first-order chi connectivity index (χ1) is 14.3. The lowest BCUT2D eigenvalue weighted by molar-refractivity contribution is 0.183. The van der Waals surface area contributed by atoms with E-state index in [4.69, 9.17) is 9.47 Å². The highest BCUT2D eigenvalue weighted by Gasteiger charge is 2.16. The highest BCUT2D eigenvalue weighted by molar-refractivity contribution is 5.54. The standard InChI is InChI=1S/C25H24N2O2/c1-28-18-23-22(16-20-8-4-2-5-9-20)25(29-17-21-10-6-3-7-11-21)13-12-24(23)27-15-14-26-19-27/h2-15,19H,16-18H2,1H3. The number of methoxy groups -OCH3 is 1. The molecule has 0 unspecified atom stereocenters. The van der Waals surface area contributed by atoms with Crippen LogP contribution >= 0.6 is 0 Å². The number of aromatic nitrogens is 2. The third-order valence-corrected chi connectivity index (χ3v) is 4.90. The summed E-state index contributed by atoms with van der Waals surface area (Å²) < 4.78 is 13.9. The van der Waals surface area contributed by atoms with Crippen LogP contribution in [0.3, 0.4) is 0 Å². The lowest BCUT2D eigenvalue weighted by Gasteiger charge is -2.20. The number of nitrogens with zero attached hydrogens (tertiary/aromatic N) is 2. The first-order valence-corrected chi connectivity index (χ1v) is 9.68. The van der Waals surface area contributed by atoms with Gasteiger partial charge in [-0.25, -0.2) is 4.98 Å². The predicted molar refractivity (Wildman–Crippen MR) is 114 cm³/mol. The molecule has 0 saturated heterocycles. The van der Waals surface area contributed by atoms with E-state index in [0.717, 1.165) is 34.5 Å². The molecule has 0 bridgehead atoms. The van der Waals surface area contributed by atoms with E-state index in [1.54, 1.807) is 13.3 Å². The molecule has 0 aliphatic rings. The van der Waals surface area contributed by atoms with E-state index in [-0.39, 0.29) is 0 Å². The fourth-order valence-corrected chi connectivity index (χ4v) is 3.47. The first kappa shape index (κ1) is 19.0. The maximum absolute atomic E-state index is 6.27. The van der Waals surface area contributed by atoms with Gasteiger partial charge < -0.3 is 14.0 Å². The zero-order valence-corrected chi connectivity index (χ0v) is 16.5. The van der Waals surface area contributed by atoms with Crippen LogP contribution in [0.15, 0.2) is 91.5 Å². The molecule has 0 N–H and O–H groups in total. The second-order valence-electron chi connectivity index (χ2n) is 6.88. The van der Waals surface area contributed by atoms with Crippen molar-refractivity contribution < 1.29 is 9.47 Å². The van der Waals surface area contributed by atoms with Crippen molar-refractivity contribution in [2.45, 2.75) is 19.6 Å². The monoisotopic (exact) mass is 384 g/mol. The molecule has 0 spiro atoms. The molecule has 4 rings (SSSR count). The van der Waals surface area contributed by atoms with Gasteiger partial charge in [-0.1, -0.05) is 60.7 Å². The Bertz CT molecular complexity index is 1030. The van der Waals surface area contributed by atoms with Gasteiger partial charge in [0.05, 0.1) is 18.6 Å². The molecule has 29 heavy (non-hydrogen) atoms. The van der Waals surface area contributed by atoms with E-state index in [1.807, 2.05) is 41.4 Å². The normalized spacial score (nSPS) is 10.8. The van der Waals surface area contributed by atoms with Crippen LogP contribution in [0.1, 0.15) is 22.3 Å². The first-order valence-electron chi connectivity index (χ1n) is 9.68. The fourth-order valence-electron chi connectivity index (χ4n) is 3.47. The predicted octanol–water partition coefficient (Wildman–Crippen LogP) is 5.19. The van der Waals surface area contributed by atoms with Crippen molar-refractivity contribution in [3.05, 3.63) is 114 Å². The summed E-state index contributed by atoms with van der Waals surface area (Å²) >= 11 is 0. The Balaban J connectivity index is 1.75. The lowest BCUT2D eigenvalue weighted by Crippen LogP contribution is -2.08. The van der Waals surface area contributed by atoms with Crippen LogP contribution in [0.4, 0.5) is 0 Å². The van der Waals surface area contributed by atoms with Crippen molar-refractivity contribution in [3.63, 3.8) is 0 Å². The molecular weight excluding hydrogens is 360 g/mol. The van der Waals surface area contributed by atoms with Crippen molar-refractivity contribution >= 4 is 0 Å². The van der Waals surface area contributed by atoms with Gasteiger partial charge in [0.2, 0.25) is 0 Å². The molecule has 3 aromatic carbocycles. The molecule has 0 fully saturated rings. The smallest absolute Gasteiger partial charge is 0.123 e. The van der Waals surface area contributed by atoms with Gasteiger partial charge in [0.15, 0.2) is 0 Å². The number of imidazole rings is 1. The molecule has 4 heteroatoms. The number of hydrogen-bond donors (Lipinski definition) is 0. The molecule has 0 amide bonds. The van der Waals surface area contributed by atoms with E-state index in [2.05, 4.69) is 53.5 Å². The Kier molecular flexibility index (Phi) is 6.03. The third-order valence-electron chi connectivity index (χ3n) is 4.90. The average molecular weight is 384 g/mol. The van der Waals surface area contributed by atoms with E-state index in [1.165, 1.54) is 5.56 Å². The Labute approximate surface area is 171 Å². The summed E-state index contributed by atoms with van der Waals surface area (Å²) in [7, 11) is 1.72. The van der Waals surface area contributed by atoms with Crippen LogP contribution in [0, 0.1) is 0 Å². The van der Waals surface area contributed by atoms with Crippen LogP contribution in [-0.2, 0) is 24.4 Å². The van der Waals surface area contributed by atoms with Gasteiger partial charge >= 0.3 is 0 Å².